The Morgan fingerprint density at radius 1 is 1.11 bits per heavy atom. The Hall–Kier alpha value is -3.05. The smallest absolute Gasteiger partial charge is 0.374 e. The molecule has 0 fully saturated rings. The number of halogens is 1. The molecule has 1 unspecified atom stereocenters. The maximum absolute atomic E-state index is 12.1. The highest BCUT2D eigenvalue weighted by Gasteiger charge is 2.17. The number of ether oxygens (including phenoxy) is 1. The third-order valence-electron chi connectivity index (χ3n) is 3.95. The van der Waals surface area contributed by atoms with Crippen LogP contribution in [0.15, 0.2) is 71.9 Å². The molecule has 6 heteroatoms. The third kappa shape index (κ3) is 4.99. The fourth-order valence-corrected chi connectivity index (χ4v) is 2.82. The quantitative estimate of drug-likeness (QED) is 0.298. The summed E-state index contributed by atoms with van der Waals surface area (Å²) in [5, 5.41) is 6.46. The van der Waals surface area contributed by atoms with Gasteiger partial charge < -0.3 is 15.3 Å². The average molecular weight is 383 g/mol. The molecule has 0 saturated heterocycles. The molecule has 0 saturated carbocycles. The number of hydrogen-bond acceptors (Lipinski definition) is 4. The Balaban J connectivity index is 1.61. The zero-order valence-corrected chi connectivity index (χ0v) is 15.5. The number of carbonyl (C=O) groups excluding carboxylic acids is 1. The van der Waals surface area contributed by atoms with Crippen molar-refractivity contribution in [2.24, 2.45) is 10.9 Å². The van der Waals surface area contributed by atoms with Crippen molar-refractivity contribution < 1.29 is 14.4 Å². The summed E-state index contributed by atoms with van der Waals surface area (Å²) in [6, 6.07) is 20.7. The van der Waals surface area contributed by atoms with Crippen molar-refractivity contribution in [1.29, 1.82) is 0 Å². The molecular formula is C21H19ClN2O3. The van der Waals surface area contributed by atoms with Crippen LogP contribution in [0.4, 0.5) is 0 Å². The lowest BCUT2D eigenvalue weighted by Crippen LogP contribution is -2.26. The first-order chi connectivity index (χ1) is 13.0. The van der Waals surface area contributed by atoms with Gasteiger partial charge in [-0.3, -0.25) is 0 Å². The number of amidine groups is 1. The van der Waals surface area contributed by atoms with Gasteiger partial charge >= 0.3 is 5.97 Å². The van der Waals surface area contributed by atoms with E-state index in [-0.39, 0.29) is 5.84 Å². The summed E-state index contributed by atoms with van der Waals surface area (Å²) in [4.78, 5) is 17.0. The van der Waals surface area contributed by atoms with Gasteiger partial charge in [0, 0.05) is 11.4 Å². The molecule has 0 amide bonds. The second-order valence-corrected chi connectivity index (χ2v) is 6.46. The Kier molecular flexibility index (Phi) is 5.94. The first-order valence-electron chi connectivity index (χ1n) is 8.45. The maximum Gasteiger partial charge on any atom is 0.374 e. The van der Waals surface area contributed by atoms with Crippen molar-refractivity contribution >= 4 is 34.2 Å². The van der Waals surface area contributed by atoms with Gasteiger partial charge in [-0.2, -0.15) is 0 Å². The minimum absolute atomic E-state index is 0.203. The van der Waals surface area contributed by atoms with E-state index in [2.05, 4.69) is 5.16 Å². The van der Waals surface area contributed by atoms with Crippen LogP contribution in [0, 0.1) is 0 Å². The van der Waals surface area contributed by atoms with Gasteiger partial charge in [-0.1, -0.05) is 65.3 Å². The van der Waals surface area contributed by atoms with Crippen molar-refractivity contribution in [3.05, 3.63) is 77.3 Å². The Morgan fingerprint density at radius 2 is 1.85 bits per heavy atom. The van der Waals surface area contributed by atoms with Crippen molar-refractivity contribution in [1.82, 2.24) is 0 Å². The summed E-state index contributed by atoms with van der Waals surface area (Å²) in [6.45, 7) is 1.57. The van der Waals surface area contributed by atoms with Crippen molar-refractivity contribution in [2.75, 3.05) is 0 Å². The van der Waals surface area contributed by atoms with Crippen LogP contribution in [0.5, 0.6) is 5.75 Å². The lowest BCUT2D eigenvalue weighted by atomic mass is 10.0. The van der Waals surface area contributed by atoms with Crippen LogP contribution < -0.4 is 10.5 Å². The van der Waals surface area contributed by atoms with E-state index in [0.29, 0.717) is 17.2 Å². The van der Waals surface area contributed by atoms with Crippen LogP contribution in [-0.4, -0.2) is 17.9 Å². The van der Waals surface area contributed by atoms with Crippen LogP contribution in [0.2, 0.25) is 5.02 Å². The number of carbonyl (C=O) groups is 1. The van der Waals surface area contributed by atoms with E-state index in [9.17, 15) is 4.79 Å². The molecule has 5 nitrogen and oxygen atoms in total. The van der Waals surface area contributed by atoms with Crippen LogP contribution in [0.3, 0.4) is 0 Å². The molecule has 0 aliphatic rings. The van der Waals surface area contributed by atoms with Crippen LogP contribution in [0.1, 0.15) is 12.5 Å². The summed E-state index contributed by atoms with van der Waals surface area (Å²) in [6.07, 6.45) is -0.476. The molecule has 27 heavy (non-hydrogen) atoms. The third-order valence-corrected chi connectivity index (χ3v) is 4.18. The topological polar surface area (TPSA) is 73.9 Å². The first-order valence-corrected chi connectivity index (χ1v) is 8.83. The first kappa shape index (κ1) is 18.7. The molecule has 3 aromatic rings. The van der Waals surface area contributed by atoms with E-state index in [1.807, 2.05) is 42.5 Å². The Labute approximate surface area is 162 Å². The number of fused-ring (bicyclic) bond motifs is 1. The predicted octanol–water partition coefficient (Wildman–Crippen LogP) is 4.32. The van der Waals surface area contributed by atoms with Crippen LogP contribution >= 0.6 is 11.6 Å². The van der Waals surface area contributed by atoms with Crippen molar-refractivity contribution in [2.45, 2.75) is 19.4 Å². The van der Waals surface area contributed by atoms with E-state index >= 15 is 0 Å². The molecule has 3 rings (SSSR count). The van der Waals surface area contributed by atoms with Gasteiger partial charge in [-0.05, 0) is 41.5 Å². The fraction of sp³-hybridized carbons (Fsp3) is 0.143. The summed E-state index contributed by atoms with van der Waals surface area (Å²) >= 11 is 5.89. The number of nitrogens with zero attached hydrogens (tertiary/aromatic N) is 1. The molecular weight excluding hydrogens is 364 g/mol. The van der Waals surface area contributed by atoms with Crippen LogP contribution in [0.25, 0.3) is 10.8 Å². The molecule has 3 aromatic carbocycles. The predicted molar refractivity (Wildman–Crippen MR) is 107 cm³/mol. The monoisotopic (exact) mass is 382 g/mol. The molecule has 0 aromatic heterocycles. The summed E-state index contributed by atoms with van der Waals surface area (Å²) in [5.74, 6) is 0.0326. The van der Waals surface area contributed by atoms with Gasteiger partial charge in [-0.15, -0.1) is 0 Å². The SMILES string of the molecule is CC(Oc1cccc(Cl)c1)C(=O)ON=C(N)Cc1cccc2ccccc12. The number of hydrogen-bond donors (Lipinski definition) is 1. The van der Waals surface area contributed by atoms with Crippen molar-refractivity contribution in [3.8, 4) is 5.75 Å². The van der Waals surface area contributed by atoms with Crippen molar-refractivity contribution in [3.63, 3.8) is 0 Å². The number of benzene rings is 3. The molecule has 2 N–H and O–H groups in total. The molecule has 0 aliphatic carbocycles. The number of nitrogens with two attached hydrogens (primary N) is 1. The second kappa shape index (κ2) is 8.56. The highest BCUT2D eigenvalue weighted by Crippen LogP contribution is 2.20. The summed E-state index contributed by atoms with van der Waals surface area (Å²) < 4.78 is 5.50. The summed E-state index contributed by atoms with van der Waals surface area (Å²) in [5.41, 5.74) is 6.94. The van der Waals surface area contributed by atoms with Gasteiger partial charge in [0.25, 0.3) is 0 Å². The maximum atomic E-state index is 12.1. The Bertz CT molecular complexity index is 983. The van der Waals surface area contributed by atoms with E-state index < -0.39 is 12.1 Å². The van der Waals surface area contributed by atoms with E-state index in [1.54, 1.807) is 31.2 Å². The molecule has 0 spiro atoms. The van der Waals surface area contributed by atoms with E-state index in [4.69, 9.17) is 26.9 Å². The number of rotatable bonds is 6. The zero-order chi connectivity index (χ0) is 19.2. The zero-order valence-electron chi connectivity index (χ0n) is 14.8. The average Bonchev–Trinajstić information content (AvgIpc) is 2.66. The summed E-state index contributed by atoms with van der Waals surface area (Å²) in [7, 11) is 0. The highest BCUT2D eigenvalue weighted by atomic mass is 35.5. The molecule has 138 valence electrons. The number of oxime groups is 1. The van der Waals surface area contributed by atoms with Crippen LogP contribution in [-0.2, 0) is 16.1 Å². The molecule has 0 radical (unpaired) electrons. The lowest BCUT2D eigenvalue weighted by Gasteiger charge is -2.12. The lowest BCUT2D eigenvalue weighted by molar-refractivity contribution is -0.151. The standard InChI is InChI=1S/C21H19ClN2O3/c1-14(26-18-10-5-9-17(22)13-18)21(25)27-24-20(23)12-16-8-4-7-15-6-2-3-11-19(15)16/h2-11,13-14H,12H2,1H3,(H2,23,24). The van der Waals surface area contributed by atoms with Gasteiger partial charge in [0.1, 0.15) is 11.6 Å². The fourth-order valence-electron chi connectivity index (χ4n) is 2.64. The molecule has 1 atom stereocenters. The minimum Gasteiger partial charge on any atom is -0.479 e. The minimum atomic E-state index is -0.849. The van der Waals surface area contributed by atoms with Gasteiger partial charge in [0.15, 0.2) is 6.10 Å². The molecule has 0 heterocycles. The second-order valence-electron chi connectivity index (χ2n) is 6.03. The van der Waals surface area contributed by atoms with Gasteiger partial charge in [0.05, 0.1) is 0 Å². The normalized spacial score (nSPS) is 12.6. The molecule has 0 aliphatic heterocycles. The highest BCUT2D eigenvalue weighted by molar-refractivity contribution is 6.30. The van der Waals surface area contributed by atoms with Gasteiger partial charge in [0.2, 0.25) is 0 Å². The molecule has 0 bridgehead atoms. The van der Waals surface area contributed by atoms with E-state index in [1.165, 1.54) is 0 Å². The van der Waals surface area contributed by atoms with E-state index in [0.717, 1.165) is 16.3 Å². The largest absolute Gasteiger partial charge is 0.479 e. The van der Waals surface area contributed by atoms with Gasteiger partial charge in [-0.25, -0.2) is 4.79 Å². The Morgan fingerprint density at radius 3 is 2.67 bits per heavy atom.